The highest BCUT2D eigenvalue weighted by molar-refractivity contribution is 5.94. The van der Waals surface area contributed by atoms with Crippen LogP contribution in [0.1, 0.15) is 13.3 Å². The summed E-state index contributed by atoms with van der Waals surface area (Å²) in [6.45, 7) is 2.50. The van der Waals surface area contributed by atoms with Gasteiger partial charge in [0, 0.05) is 24.8 Å². The number of rotatable bonds is 4. The summed E-state index contributed by atoms with van der Waals surface area (Å²) in [6, 6.07) is 7.79. The first-order chi connectivity index (χ1) is 15.2. The van der Waals surface area contributed by atoms with Gasteiger partial charge in [0.15, 0.2) is 0 Å². The van der Waals surface area contributed by atoms with Crippen LogP contribution in [0.25, 0.3) is 0 Å². The van der Waals surface area contributed by atoms with E-state index in [9.17, 15) is 22.8 Å². The lowest BCUT2D eigenvalue weighted by Crippen LogP contribution is -2.55. The lowest BCUT2D eigenvalue weighted by Gasteiger charge is -2.40. The largest absolute Gasteiger partial charge is 0.408 e. The minimum absolute atomic E-state index is 0.0875. The van der Waals surface area contributed by atoms with Gasteiger partial charge in [-0.3, -0.25) is 14.2 Å². The molecule has 1 amide bonds. The van der Waals surface area contributed by atoms with Crippen LogP contribution in [0.2, 0.25) is 0 Å². The molecule has 1 N–H and O–H groups in total. The van der Waals surface area contributed by atoms with Crippen molar-refractivity contribution in [3.63, 3.8) is 0 Å². The van der Waals surface area contributed by atoms with Crippen molar-refractivity contribution in [3.05, 3.63) is 46.8 Å². The van der Waals surface area contributed by atoms with Crippen LogP contribution < -0.4 is 20.7 Å². The summed E-state index contributed by atoms with van der Waals surface area (Å²) in [6.07, 6.45) is -4.93. The van der Waals surface area contributed by atoms with E-state index in [-0.39, 0.29) is 30.8 Å². The van der Waals surface area contributed by atoms with Crippen LogP contribution >= 0.6 is 0 Å². The summed E-state index contributed by atoms with van der Waals surface area (Å²) in [4.78, 5) is 32.6. The third-order valence-corrected chi connectivity index (χ3v) is 5.65. The number of hydrogen-bond donors (Lipinski definition) is 1. The van der Waals surface area contributed by atoms with Gasteiger partial charge in [0.25, 0.3) is 5.56 Å². The maximum Gasteiger partial charge on any atom is 0.408 e. The number of para-hydroxylation sites is 1. The molecule has 1 saturated heterocycles. The number of nitrogens with one attached hydrogen (secondary N) is 1. The van der Waals surface area contributed by atoms with Crippen LogP contribution in [-0.4, -0.2) is 60.0 Å². The molecule has 1 aromatic heterocycles. The molecule has 2 aliphatic rings. The zero-order valence-corrected chi connectivity index (χ0v) is 17.5. The average molecular weight is 451 g/mol. The van der Waals surface area contributed by atoms with E-state index in [1.165, 1.54) is 10.6 Å². The fourth-order valence-corrected chi connectivity index (χ4v) is 4.07. The Kier molecular flexibility index (Phi) is 6.09. The van der Waals surface area contributed by atoms with Gasteiger partial charge in [-0.05, 0) is 25.5 Å². The Balaban J connectivity index is 1.69. The quantitative estimate of drug-likeness (QED) is 0.768. The minimum Gasteiger partial charge on any atom is -0.377 e. The number of amides is 1. The molecule has 2 atom stereocenters. The van der Waals surface area contributed by atoms with Gasteiger partial charge in [-0.2, -0.15) is 18.2 Å². The van der Waals surface area contributed by atoms with E-state index in [0.29, 0.717) is 25.4 Å². The lowest BCUT2D eigenvalue weighted by atomic mass is 10.1. The molecule has 3 heterocycles. The molecular weight excluding hydrogens is 427 g/mol. The van der Waals surface area contributed by atoms with Crippen molar-refractivity contribution in [1.82, 2.24) is 9.55 Å². The third-order valence-electron chi connectivity index (χ3n) is 5.65. The van der Waals surface area contributed by atoms with Crippen LogP contribution in [-0.2, 0) is 16.1 Å². The second-order valence-electron chi connectivity index (χ2n) is 7.91. The molecule has 0 saturated carbocycles. The van der Waals surface area contributed by atoms with Crippen molar-refractivity contribution < 1.29 is 22.7 Å². The molecular formula is C21H24F3N5O3. The maximum absolute atomic E-state index is 13.9. The number of morpholine rings is 1. The topological polar surface area (TPSA) is 79.7 Å². The second kappa shape index (κ2) is 8.81. The first-order valence-electron chi connectivity index (χ1n) is 10.4. The number of anilines is 3. The predicted molar refractivity (Wildman–Crippen MR) is 113 cm³/mol. The van der Waals surface area contributed by atoms with Gasteiger partial charge in [-0.25, -0.2) is 0 Å². The van der Waals surface area contributed by atoms with Crippen LogP contribution in [0.5, 0.6) is 0 Å². The van der Waals surface area contributed by atoms with E-state index in [4.69, 9.17) is 4.74 Å². The molecule has 0 unspecified atom stereocenters. The highest BCUT2D eigenvalue weighted by atomic mass is 19.4. The van der Waals surface area contributed by atoms with Gasteiger partial charge in [-0.15, -0.1) is 0 Å². The van der Waals surface area contributed by atoms with Gasteiger partial charge in [0.2, 0.25) is 11.9 Å². The van der Waals surface area contributed by atoms with Gasteiger partial charge in [0.05, 0.1) is 19.3 Å². The van der Waals surface area contributed by atoms with Gasteiger partial charge in [0.1, 0.15) is 18.4 Å². The van der Waals surface area contributed by atoms with Gasteiger partial charge in [-0.1, -0.05) is 18.2 Å². The molecule has 1 fully saturated rings. The smallest absolute Gasteiger partial charge is 0.377 e. The average Bonchev–Trinajstić information content (AvgIpc) is 2.74. The Morgan fingerprint density at radius 1 is 1.25 bits per heavy atom. The highest BCUT2D eigenvalue weighted by Gasteiger charge is 2.47. The molecule has 0 bridgehead atoms. The molecule has 8 nitrogen and oxygen atoms in total. The van der Waals surface area contributed by atoms with Crippen molar-refractivity contribution >= 4 is 23.4 Å². The van der Waals surface area contributed by atoms with Crippen LogP contribution in [0, 0.1) is 0 Å². The zero-order chi connectivity index (χ0) is 22.9. The number of aromatic nitrogens is 2. The number of fused-ring (bicyclic) bond motifs is 1. The van der Waals surface area contributed by atoms with Crippen molar-refractivity contribution in [3.8, 4) is 0 Å². The third kappa shape index (κ3) is 4.57. The summed E-state index contributed by atoms with van der Waals surface area (Å²) in [7, 11) is 0. The van der Waals surface area contributed by atoms with Crippen molar-refractivity contribution in [2.75, 3.05) is 41.4 Å². The molecule has 0 radical (unpaired) electrons. The Labute approximate surface area is 182 Å². The molecule has 4 rings (SSSR count). The van der Waals surface area contributed by atoms with Crippen molar-refractivity contribution in [2.45, 2.75) is 38.1 Å². The number of nitrogens with zero attached hydrogens (tertiary/aromatic N) is 4. The second-order valence-corrected chi connectivity index (χ2v) is 7.91. The van der Waals surface area contributed by atoms with Gasteiger partial charge < -0.3 is 19.9 Å². The first-order valence-corrected chi connectivity index (χ1v) is 10.4. The number of hydrogen-bond acceptors (Lipinski definition) is 6. The number of ether oxygens (including phenoxy) is 1. The highest BCUT2D eigenvalue weighted by Crippen LogP contribution is 2.34. The van der Waals surface area contributed by atoms with Gasteiger partial charge >= 0.3 is 6.18 Å². The van der Waals surface area contributed by atoms with Crippen molar-refractivity contribution in [1.29, 1.82) is 0 Å². The number of carbonyl (C=O) groups excluding carboxylic acids is 1. The summed E-state index contributed by atoms with van der Waals surface area (Å²) >= 11 is 0. The van der Waals surface area contributed by atoms with E-state index >= 15 is 0 Å². The monoisotopic (exact) mass is 451 g/mol. The van der Waals surface area contributed by atoms with Crippen LogP contribution in [0.4, 0.5) is 30.6 Å². The Bertz CT molecular complexity index is 1030. The Morgan fingerprint density at radius 2 is 2.00 bits per heavy atom. The summed E-state index contributed by atoms with van der Waals surface area (Å²) in [5, 5.41) is 2.60. The van der Waals surface area contributed by atoms with E-state index in [1.807, 2.05) is 11.8 Å². The van der Waals surface area contributed by atoms with Crippen LogP contribution in [0.3, 0.4) is 0 Å². The van der Waals surface area contributed by atoms with E-state index < -0.39 is 30.2 Å². The van der Waals surface area contributed by atoms with Crippen LogP contribution in [0.15, 0.2) is 41.2 Å². The normalized spacial score (nSPS) is 21.2. The molecule has 0 spiro atoms. The number of benzene rings is 1. The maximum atomic E-state index is 13.9. The SMILES string of the molecule is C[C@@H]1COCCN1c1cc(=O)n2c(n1)N(CC(=O)Nc1ccccc1)[C@H](C(F)(F)F)CC2. The van der Waals surface area contributed by atoms with E-state index in [2.05, 4.69) is 10.3 Å². The fraction of sp³-hybridized carbons (Fsp3) is 0.476. The zero-order valence-electron chi connectivity index (χ0n) is 17.5. The molecule has 2 aliphatic heterocycles. The molecule has 172 valence electrons. The summed E-state index contributed by atoms with van der Waals surface area (Å²) < 4.78 is 48.2. The minimum atomic E-state index is -4.59. The predicted octanol–water partition coefficient (Wildman–Crippen LogP) is 2.25. The molecule has 2 aromatic rings. The Hall–Kier alpha value is -3.08. The fourth-order valence-electron chi connectivity index (χ4n) is 4.07. The first kappa shape index (κ1) is 22.1. The lowest BCUT2D eigenvalue weighted by molar-refractivity contribution is -0.153. The Morgan fingerprint density at radius 3 is 2.69 bits per heavy atom. The number of halogens is 3. The van der Waals surface area contributed by atoms with E-state index in [1.54, 1.807) is 30.3 Å². The number of carbonyl (C=O) groups is 1. The molecule has 1 aromatic carbocycles. The molecule has 0 aliphatic carbocycles. The van der Waals surface area contributed by atoms with E-state index in [0.717, 1.165) is 4.90 Å². The summed E-state index contributed by atoms with van der Waals surface area (Å²) in [5.74, 6) is -0.491. The standard InChI is InChI=1S/C21H24F3N5O3/c1-14-13-32-10-9-27(14)17-11-19(31)28-8-7-16(21(22,23)24)29(20(28)26-17)12-18(30)25-15-5-3-2-4-6-15/h2-6,11,14,16H,7-10,12-13H2,1H3,(H,25,30)/t14-,16+/m1/s1. The molecule has 11 heteroatoms. The summed E-state index contributed by atoms with van der Waals surface area (Å²) in [5.41, 5.74) is 0.0251. The molecule has 32 heavy (non-hydrogen) atoms. The number of alkyl halides is 3. The van der Waals surface area contributed by atoms with Crippen molar-refractivity contribution in [2.24, 2.45) is 0 Å².